The van der Waals surface area contributed by atoms with Crippen LogP contribution < -0.4 is 11.0 Å². The van der Waals surface area contributed by atoms with E-state index in [-0.39, 0.29) is 21.5 Å². The van der Waals surface area contributed by atoms with Crippen molar-refractivity contribution in [2.45, 2.75) is 0 Å². The van der Waals surface area contributed by atoms with Gasteiger partial charge in [0.05, 0.1) is 10.0 Å². The fourth-order valence-corrected chi connectivity index (χ4v) is 1.78. The van der Waals surface area contributed by atoms with Crippen LogP contribution in [0.5, 0.6) is 5.75 Å². The predicted molar refractivity (Wildman–Crippen MR) is 67.5 cm³/mol. The van der Waals surface area contributed by atoms with Gasteiger partial charge in [-0.05, 0) is 12.1 Å². The van der Waals surface area contributed by atoms with Crippen LogP contribution in [0, 0.1) is 0 Å². The van der Waals surface area contributed by atoms with Crippen molar-refractivity contribution < 1.29 is 9.90 Å². The first kappa shape index (κ1) is 12.5. The number of phenolic OH excluding ortho intramolecular Hbond substituents is 1. The number of carbonyl (C=O) groups excluding carboxylic acids is 1. The number of hydrogen-bond acceptors (Lipinski definition) is 3. The highest BCUT2D eigenvalue weighted by atomic mass is 35.5. The van der Waals surface area contributed by atoms with Crippen molar-refractivity contribution in [1.82, 2.24) is 9.97 Å². The van der Waals surface area contributed by atoms with E-state index in [0.29, 0.717) is 5.69 Å². The van der Waals surface area contributed by atoms with Crippen LogP contribution in [-0.4, -0.2) is 21.0 Å². The Balaban J connectivity index is 2.24. The van der Waals surface area contributed by atoms with Crippen molar-refractivity contribution in [2.24, 2.45) is 0 Å². The maximum Gasteiger partial charge on any atom is 0.323 e. The van der Waals surface area contributed by atoms with Gasteiger partial charge in [-0.2, -0.15) is 0 Å². The molecule has 0 spiro atoms. The number of amides is 1. The van der Waals surface area contributed by atoms with E-state index in [0.717, 1.165) is 0 Å². The number of aromatic hydroxyl groups is 1. The van der Waals surface area contributed by atoms with Gasteiger partial charge in [-0.15, -0.1) is 0 Å². The largest absolute Gasteiger partial charge is 0.505 e. The first-order valence-electron chi connectivity index (χ1n) is 4.74. The lowest BCUT2D eigenvalue weighted by Gasteiger charge is -2.06. The zero-order valence-corrected chi connectivity index (χ0v) is 10.3. The van der Waals surface area contributed by atoms with Gasteiger partial charge in [-0.1, -0.05) is 23.2 Å². The zero-order valence-electron chi connectivity index (χ0n) is 8.75. The highest BCUT2D eigenvalue weighted by Gasteiger charge is 2.11. The number of carbonyl (C=O) groups is 1. The minimum atomic E-state index is -0.536. The van der Waals surface area contributed by atoms with Crippen LogP contribution in [0.4, 0.5) is 5.69 Å². The van der Waals surface area contributed by atoms with E-state index in [4.69, 9.17) is 23.2 Å². The van der Waals surface area contributed by atoms with Crippen LogP contribution in [0.1, 0.15) is 10.5 Å². The number of benzene rings is 1. The lowest BCUT2D eigenvalue weighted by atomic mass is 10.3. The number of phenols is 1. The molecular weight excluding hydrogens is 281 g/mol. The molecule has 0 aliphatic rings. The number of anilines is 1. The zero-order chi connectivity index (χ0) is 13.3. The summed E-state index contributed by atoms with van der Waals surface area (Å²) in [6.45, 7) is 0. The molecule has 0 saturated heterocycles. The normalized spacial score (nSPS) is 10.3. The SMILES string of the molecule is O=C(Nc1cc(Cl)c(O)c(Cl)c1)c1c[nH]c(=O)[nH]1. The van der Waals surface area contributed by atoms with Gasteiger partial charge in [0.25, 0.3) is 5.91 Å². The lowest BCUT2D eigenvalue weighted by Crippen LogP contribution is -2.14. The number of aromatic nitrogens is 2. The van der Waals surface area contributed by atoms with Crippen molar-refractivity contribution >= 4 is 34.8 Å². The molecule has 2 aromatic rings. The second kappa shape index (κ2) is 4.75. The molecule has 0 atom stereocenters. The summed E-state index contributed by atoms with van der Waals surface area (Å²) >= 11 is 11.4. The third kappa shape index (κ3) is 2.49. The van der Waals surface area contributed by atoms with Crippen LogP contribution in [-0.2, 0) is 0 Å². The summed E-state index contributed by atoms with van der Waals surface area (Å²) in [5, 5.41) is 11.9. The Morgan fingerprint density at radius 1 is 1.28 bits per heavy atom. The summed E-state index contributed by atoms with van der Waals surface area (Å²) in [4.78, 5) is 27.1. The summed E-state index contributed by atoms with van der Waals surface area (Å²) in [5.74, 6) is -0.794. The predicted octanol–water partition coefficient (Wildman–Crippen LogP) is 1.97. The monoisotopic (exact) mass is 287 g/mol. The van der Waals surface area contributed by atoms with Crippen LogP contribution in [0.25, 0.3) is 0 Å². The molecule has 0 saturated carbocycles. The van der Waals surface area contributed by atoms with Gasteiger partial charge in [0.15, 0.2) is 5.75 Å². The highest BCUT2D eigenvalue weighted by Crippen LogP contribution is 2.34. The number of halogens is 2. The van der Waals surface area contributed by atoms with Gasteiger partial charge in [-0.3, -0.25) is 4.79 Å². The smallest absolute Gasteiger partial charge is 0.323 e. The molecule has 4 N–H and O–H groups in total. The molecule has 1 heterocycles. The summed E-state index contributed by atoms with van der Waals surface area (Å²) in [7, 11) is 0. The van der Waals surface area contributed by atoms with E-state index in [2.05, 4.69) is 15.3 Å². The van der Waals surface area contributed by atoms with Crippen molar-refractivity contribution in [2.75, 3.05) is 5.32 Å². The van der Waals surface area contributed by atoms with E-state index in [1.807, 2.05) is 0 Å². The number of nitrogens with one attached hydrogen (secondary N) is 3. The van der Waals surface area contributed by atoms with Gasteiger partial charge >= 0.3 is 5.69 Å². The minimum absolute atomic E-state index is 0.0142. The molecule has 0 bridgehead atoms. The van der Waals surface area contributed by atoms with Crippen molar-refractivity contribution in [3.63, 3.8) is 0 Å². The quantitative estimate of drug-likeness (QED) is 0.636. The third-order valence-corrected chi connectivity index (χ3v) is 2.69. The fraction of sp³-hybridized carbons (Fsp3) is 0. The van der Waals surface area contributed by atoms with Gasteiger partial charge in [0.2, 0.25) is 0 Å². The second-order valence-electron chi connectivity index (χ2n) is 3.40. The molecule has 0 radical (unpaired) electrons. The molecule has 0 unspecified atom stereocenters. The molecule has 0 fully saturated rings. The molecule has 94 valence electrons. The summed E-state index contributed by atoms with van der Waals surface area (Å²) in [6.07, 6.45) is 1.24. The maximum atomic E-state index is 11.7. The Kier molecular flexibility index (Phi) is 3.31. The molecule has 8 heteroatoms. The minimum Gasteiger partial charge on any atom is -0.505 e. The Morgan fingerprint density at radius 3 is 2.39 bits per heavy atom. The first-order valence-corrected chi connectivity index (χ1v) is 5.50. The molecule has 0 aliphatic heterocycles. The standard InChI is InChI=1S/C10H7Cl2N3O3/c11-5-1-4(2-6(12)8(5)16)14-9(17)7-3-13-10(18)15-7/h1-3,16H,(H,14,17)(H2,13,15,18). The Labute approximate surface area is 111 Å². The maximum absolute atomic E-state index is 11.7. The molecule has 18 heavy (non-hydrogen) atoms. The van der Waals surface area contributed by atoms with E-state index < -0.39 is 11.6 Å². The number of H-pyrrole nitrogens is 2. The Bertz CT molecular complexity index is 639. The molecule has 6 nitrogen and oxygen atoms in total. The number of aromatic amines is 2. The van der Waals surface area contributed by atoms with Crippen molar-refractivity contribution in [3.05, 3.63) is 44.6 Å². The Hall–Kier alpha value is -1.92. The van der Waals surface area contributed by atoms with Crippen LogP contribution in [0.15, 0.2) is 23.1 Å². The van der Waals surface area contributed by atoms with E-state index in [1.54, 1.807) is 0 Å². The third-order valence-electron chi connectivity index (χ3n) is 2.12. The van der Waals surface area contributed by atoms with E-state index >= 15 is 0 Å². The highest BCUT2D eigenvalue weighted by molar-refractivity contribution is 6.37. The van der Waals surface area contributed by atoms with Crippen LogP contribution in [0.3, 0.4) is 0 Å². The van der Waals surface area contributed by atoms with Gasteiger partial charge in [-0.25, -0.2) is 4.79 Å². The number of imidazole rings is 1. The summed E-state index contributed by atoms with van der Waals surface area (Å²) in [5.41, 5.74) is -0.114. The number of hydrogen-bond donors (Lipinski definition) is 4. The lowest BCUT2D eigenvalue weighted by molar-refractivity contribution is 0.102. The fourth-order valence-electron chi connectivity index (χ4n) is 1.29. The average molecular weight is 288 g/mol. The van der Waals surface area contributed by atoms with Gasteiger partial charge in [0, 0.05) is 11.9 Å². The molecular formula is C10H7Cl2N3O3. The van der Waals surface area contributed by atoms with Crippen LogP contribution >= 0.6 is 23.2 Å². The van der Waals surface area contributed by atoms with E-state index in [1.165, 1.54) is 18.3 Å². The second-order valence-corrected chi connectivity index (χ2v) is 4.21. The van der Waals surface area contributed by atoms with E-state index in [9.17, 15) is 14.7 Å². The molecule has 1 aromatic carbocycles. The molecule has 1 aromatic heterocycles. The van der Waals surface area contributed by atoms with Gasteiger partial charge < -0.3 is 20.4 Å². The van der Waals surface area contributed by atoms with Crippen molar-refractivity contribution in [3.8, 4) is 5.75 Å². The Morgan fingerprint density at radius 2 is 1.89 bits per heavy atom. The van der Waals surface area contributed by atoms with Crippen molar-refractivity contribution in [1.29, 1.82) is 0 Å². The molecule has 0 aliphatic carbocycles. The topological polar surface area (TPSA) is 98.0 Å². The summed E-state index contributed by atoms with van der Waals surface area (Å²) in [6, 6.07) is 2.68. The average Bonchev–Trinajstić information content (AvgIpc) is 2.72. The molecule has 1 amide bonds. The summed E-state index contributed by atoms with van der Waals surface area (Å²) < 4.78 is 0. The number of rotatable bonds is 2. The first-order chi connectivity index (χ1) is 8.47. The molecule has 2 rings (SSSR count). The van der Waals surface area contributed by atoms with Gasteiger partial charge in [0.1, 0.15) is 5.69 Å². The van der Waals surface area contributed by atoms with Crippen LogP contribution in [0.2, 0.25) is 10.0 Å².